The van der Waals surface area contributed by atoms with Gasteiger partial charge in [-0.25, -0.2) is 4.79 Å². The van der Waals surface area contributed by atoms with Gasteiger partial charge in [-0.05, 0) is 25.3 Å². The highest BCUT2D eigenvalue weighted by Crippen LogP contribution is 2.19. The Hall–Kier alpha value is -1.55. The second-order valence-electron chi connectivity index (χ2n) is 6.04. The van der Waals surface area contributed by atoms with Crippen molar-refractivity contribution in [2.75, 3.05) is 6.54 Å². The van der Waals surface area contributed by atoms with Gasteiger partial charge in [0, 0.05) is 24.7 Å². The number of piperidine rings is 1. The van der Waals surface area contributed by atoms with Gasteiger partial charge in [0.1, 0.15) is 6.61 Å². The number of amides is 1. The van der Waals surface area contributed by atoms with Crippen LogP contribution >= 0.6 is 0 Å². The zero-order valence-electron chi connectivity index (χ0n) is 13.2. The van der Waals surface area contributed by atoms with Crippen LogP contribution in [-0.2, 0) is 11.3 Å². The Kier molecular flexibility index (Phi) is 5.62. The third-order valence-corrected chi connectivity index (χ3v) is 3.98. The average Bonchev–Trinajstić information content (AvgIpc) is 2.47. The van der Waals surface area contributed by atoms with E-state index in [2.05, 4.69) is 26.1 Å². The summed E-state index contributed by atoms with van der Waals surface area (Å²) in [6.07, 6.45) is 1.93. The Bertz CT molecular complexity index is 447. The third-order valence-electron chi connectivity index (χ3n) is 3.98. The number of nitrogens with zero attached hydrogens (tertiary/aromatic N) is 1. The van der Waals surface area contributed by atoms with E-state index in [1.165, 1.54) is 0 Å². The van der Waals surface area contributed by atoms with Gasteiger partial charge >= 0.3 is 6.09 Å². The summed E-state index contributed by atoms with van der Waals surface area (Å²) in [6.45, 7) is 7.50. The highest BCUT2D eigenvalue weighted by molar-refractivity contribution is 5.68. The smallest absolute Gasteiger partial charge is 0.410 e. The van der Waals surface area contributed by atoms with Gasteiger partial charge in [-0.3, -0.25) is 0 Å². The lowest BCUT2D eigenvalue weighted by molar-refractivity contribution is 0.0605. The van der Waals surface area contributed by atoms with Crippen LogP contribution in [0.1, 0.15) is 39.2 Å². The summed E-state index contributed by atoms with van der Waals surface area (Å²) in [5, 5.41) is 3.54. The molecule has 1 aromatic rings. The number of rotatable bonds is 4. The van der Waals surface area contributed by atoms with Crippen molar-refractivity contribution in [3.8, 4) is 0 Å². The largest absolute Gasteiger partial charge is 0.445 e. The van der Waals surface area contributed by atoms with Gasteiger partial charge in [0.05, 0.1) is 0 Å². The molecule has 1 amide bonds. The summed E-state index contributed by atoms with van der Waals surface area (Å²) in [6, 6.07) is 10.8. The predicted octanol–water partition coefficient (Wildman–Crippen LogP) is 3.17. The quantitative estimate of drug-likeness (QED) is 0.926. The van der Waals surface area contributed by atoms with Gasteiger partial charge in [0.25, 0.3) is 0 Å². The summed E-state index contributed by atoms with van der Waals surface area (Å²) in [7, 11) is 0. The molecule has 2 rings (SSSR count). The molecule has 0 unspecified atom stereocenters. The molecule has 0 saturated carbocycles. The molecule has 1 N–H and O–H groups in total. The van der Waals surface area contributed by atoms with E-state index in [4.69, 9.17) is 4.74 Å². The van der Waals surface area contributed by atoms with Crippen LogP contribution in [0.25, 0.3) is 0 Å². The molecule has 0 bridgehead atoms. The molecule has 2 atom stereocenters. The Morgan fingerprint density at radius 3 is 2.76 bits per heavy atom. The van der Waals surface area contributed by atoms with Crippen LogP contribution in [0.2, 0.25) is 0 Å². The molecule has 1 saturated heterocycles. The Balaban J connectivity index is 1.89. The minimum absolute atomic E-state index is 0.171. The van der Waals surface area contributed by atoms with Gasteiger partial charge in [0.2, 0.25) is 0 Å². The molecule has 1 aliphatic rings. The molecule has 0 aliphatic carbocycles. The summed E-state index contributed by atoms with van der Waals surface area (Å²) in [5.41, 5.74) is 1.02. The molecule has 4 heteroatoms. The van der Waals surface area contributed by atoms with Crippen LogP contribution in [0.5, 0.6) is 0 Å². The molecule has 0 aromatic heterocycles. The van der Waals surface area contributed by atoms with E-state index >= 15 is 0 Å². The molecule has 1 aromatic carbocycles. The van der Waals surface area contributed by atoms with E-state index < -0.39 is 0 Å². The second kappa shape index (κ2) is 7.46. The maximum absolute atomic E-state index is 12.3. The lowest BCUT2D eigenvalue weighted by Gasteiger charge is -2.39. The number of likely N-dealkylation sites (tertiary alicyclic amines) is 1. The average molecular weight is 290 g/mol. The molecule has 1 aliphatic heterocycles. The number of hydrogen-bond donors (Lipinski definition) is 1. The first kappa shape index (κ1) is 15.8. The van der Waals surface area contributed by atoms with E-state index in [1.807, 2.05) is 35.2 Å². The van der Waals surface area contributed by atoms with Crippen molar-refractivity contribution in [3.05, 3.63) is 35.9 Å². The van der Waals surface area contributed by atoms with Gasteiger partial charge < -0.3 is 15.0 Å². The fourth-order valence-corrected chi connectivity index (χ4v) is 2.85. The normalized spacial score (nSPS) is 22.4. The van der Waals surface area contributed by atoms with E-state index in [-0.39, 0.29) is 12.1 Å². The molecule has 0 radical (unpaired) electrons. The number of ether oxygens (including phenoxy) is 1. The molecular weight excluding hydrogens is 264 g/mol. The lowest BCUT2D eigenvalue weighted by atomic mass is 9.97. The summed E-state index contributed by atoms with van der Waals surface area (Å²) in [5.74, 6) is 0. The van der Waals surface area contributed by atoms with Crippen molar-refractivity contribution in [1.29, 1.82) is 0 Å². The monoisotopic (exact) mass is 290 g/mol. The minimum Gasteiger partial charge on any atom is -0.445 e. The fraction of sp³-hybridized carbons (Fsp3) is 0.588. The first-order chi connectivity index (χ1) is 10.1. The lowest BCUT2D eigenvalue weighted by Crippen LogP contribution is -2.55. The Morgan fingerprint density at radius 2 is 2.10 bits per heavy atom. The van der Waals surface area contributed by atoms with Gasteiger partial charge in [-0.2, -0.15) is 0 Å². The van der Waals surface area contributed by atoms with E-state index in [1.54, 1.807) is 0 Å². The molecule has 21 heavy (non-hydrogen) atoms. The topological polar surface area (TPSA) is 41.6 Å². The van der Waals surface area contributed by atoms with Crippen LogP contribution in [0.15, 0.2) is 30.3 Å². The van der Waals surface area contributed by atoms with Crippen LogP contribution in [0, 0.1) is 0 Å². The SMILES string of the molecule is CC(C)N[C@@H]1CCCN(C(=O)OCc2ccccc2)[C@@H]1C. The first-order valence-electron chi connectivity index (χ1n) is 7.81. The predicted molar refractivity (Wildman–Crippen MR) is 84.1 cm³/mol. The molecule has 4 nitrogen and oxygen atoms in total. The maximum atomic E-state index is 12.3. The highest BCUT2D eigenvalue weighted by atomic mass is 16.6. The molecule has 1 fully saturated rings. The van der Waals surface area contributed by atoms with Crippen LogP contribution in [0.4, 0.5) is 4.79 Å². The first-order valence-corrected chi connectivity index (χ1v) is 7.81. The van der Waals surface area contributed by atoms with Crippen molar-refractivity contribution in [3.63, 3.8) is 0 Å². The summed E-state index contributed by atoms with van der Waals surface area (Å²) >= 11 is 0. The number of nitrogens with one attached hydrogen (secondary N) is 1. The number of carbonyl (C=O) groups is 1. The van der Waals surface area contributed by atoms with Gasteiger partial charge in [-0.15, -0.1) is 0 Å². The van der Waals surface area contributed by atoms with E-state index in [0.29, 0.717) is 18.7 Å². The van der Waals surface area contributed by atoms with E-state index in [0.717, 1.165) is 24.9 Å². The van der Waals surface area contributed by atoms with E-state index in [9.17, 15) is 4.79 Å². The summed E-state index contributed by atoms with van der Waals surface area (Å²) in [4.78, 5) is 14.1. The Morgan fingerprint density at radius 1 is 1.38 bits per heavy atom. The van der Waals surface area contributed by atoms with Crippen molar-refractivity contribution in [2.24, 2.45) is 0 Å². The molecule has 116 valence electrons. The fourth-order valence-electron chi connectivity index (χ4n) is 2.85. The summed E-state index contributed by atoms with van der Waals surface area (Å²) < 4.78 is 5.45. The maximum Gasteiger partial charge on any atom is 0.410 e. The standard InChI is InChI=1S/C17H26N2O2/c1-13(2)18-16-10-7-11-19(14(16)3)17(20)21-12-15-8-5-4-6-9-15/h4-6,8-9,13-14,16,18H,7,10-12H2,1-3H3/t14-,16-/m1/s1. The second-order valence-corrected chi connectivity index (χ2v) is 6.04. The molecule has 0 spiro atoms. The highest BCUT2D eigenvalue weighted by Gasteiger charge is 2.32. The molecule has 1 heterocycles. The van der Waals surface area contributed by atoms with Crippen LogP contribution in [0.3, 0.4) is 0 Å². The van der Waals surface area contributed by atoms with Crippen molar-refractivity contribution in [1.82, 2.24) is 10.2 Å². The van der Waals surface area contributed by atoms with Gasteiger partial charge in [-0.1, -0.05) is 44.2 Å². The van der Waals surface area contributed by atoms with Crippen LogP contribution < -0.4 is 5.32 Å². The number of hydrogen-bond acceptors (Lipinski definition) is 3. The Labute approximate surface area is 127 Å². The van der Waals surface area contributed by atoms with Crippen molar-refractivity contribution >= 4 is 6.09 Å². The van der Waals surface area contributed by atoms with Crippen LogP contribution in [-0.4, -0.2) is 35.7 Å². The number of carbonyl (C=O) groups excluding carboxylic acids is 1. The zero-order chi connectivity index (χ0) is 15.2. The molecular formula is C17H26N2O2. The van der Waals surface area contributed by atoms with Crippen molar-refractivity contribution < 1.29 is 9.53 Å². The minimum atomic E-state index is -0.207. The third kappa shape index (κ3) is 4.46. The van der Waals surface area contributed by atoms with Gasteiger partial charge in [0.15, 0.2) is 0 Å². The zero-order valence-corrected chi connectivity index (χ0v) is 13.2. The number of benzene rings is 1. The van der Waals surface area contributed by atoms with Crippen molar-refractivity contribution in [2.45, 2.75) is 58.3 Å².